The maximum absolute atomic E-state index is 13.1. The number of hydrogen-bond donors (Lipinski definition) is 1. The molecule has 0 heterocycles. The van der Waals surface area contributed by atoms with Gasteiger partial charge in [0, 0.05) is 11.5 Å². The molecule has 2 unspecified atom stereocenters. The molecule has 0 aliphatic heterocycles. The Bertz CT molecular complexity index is 1280. The topological polar surface area (TPSA) is 116 Å². The first-order valence-electron chi connectivity index (χ1n) is 11.0. The van der Waals surface area contributed by atoms with Crippen molar-refractivity contribution in [1.29, 1.82) is 15.8 Å². The Kier molecular flexibility index (Phi) is 6.26. The lowest BCUT2D eigenvalue weighted by molar-refractivity contribution is 0.294. The molecule has 2 aliphatic carbocycles. The summed E-state index contributed by atoms with van der Waals surface area (Å²) >= 11 is 0. The average Bonchev–Trinajstić information content (AvgIpc) is 2.88. The van der Waals surface area contributed by atoms with Crippen LogP contribution in [-0.2, 0) is 6.61 Å². The van der Waals surface area contributed by atoms with Gasteiger partial charge in [0.25, 0.3) is 0 Å². The van der Waals surface area contributed by atoms with E-state index in [9.17, 15) is 20.2 Å². The van der Waals surface area contributed by atoms with Crippen LogP contribution in [0.4, 0.5) is 4.39 Å². The molecule has 0 saturated heterocycles. The molecule has 0 fully saturated rings. The van der Waals surface area contributed by atoms with Crippen LogP contribution in [0.3, 0.4) is 0 Å². The highest BCUT2D eigenvalue weighted by atomic mass is 19.1. The molecule has 2 aromatic rings. The highest BCUT2D eigenvalue weighted by Gasteiger charge is 2.53. The van der Waals surface area contributed by atoms with Gasteiger partial charge in [0.1, 0.15) is 30.0 Å². The molecule has 34 heavy (non-hydrogen) atoms. The van der Waals surface area contributed by atoms with E-state index < -0.39 is 11.3 Å². The number of fused-ring (bicyclic) bond motifs is 1. The Balaban J connectivity index is 1.75. The maximum Gasteiger partial charge on any atom is 0.191 e. The molecule has 6 nitrogen and oxygen atoms in total. The molecule has 2 aliphatic rings. The van der Waals surface area contributed by atoms with Crippen LogP contribution < -0.4 is 15.2 Å². The third-order valence-corrected chi connectivity index (χ3v) is 6.68. The van der Waals surface area contributed by atoms with Crippen molar-refractivity contribution in [3.63, 3.8) is 0 Å². The summed E-state index contributed by atoms with van der Waals surface area (Å²) in [5, 5.41) is 30.1. The normalized spacial score (nSPS) is 20.7. The van der Waals surface area contributed by atoms with E-state index in [1.807, 2.05) is 24.3 Å². The molecule has 4 rings (SSSR count). The van der Waals surface area contributed by atoms with Crippen molar-refractivity contribution >= 4 is 0 Å². The monoisotopic (exact) mass is 454 g/mol. The summed E-state index contributed by atoms with van der Waals surface area (Å²) < 4.78 is 24.5. The molecule has 0 spiro atoms. The molecule has 0 saturated carbocycles. The number of hydrogen-bond acceptors (Lipinski definition) is 6. The van der Waals surface area contributed by atoms with Crippen molar-refractivity contribution in [2.24, 2.45) is 17.1 Å². The number of ether oxygens (including phenoxy) is 2. The predicted octanol–water partition coefficient (Wildman–Crippen LogP) is 5.01. The zero-order chi connectivity index (χ0) is 24.3. The number of rotatable bonds is 5. The lowest BCUT2D eigenvalue weighted by Crippen LogP contribution is -2.42. The lowest BCUT2D eigenvalue weighted by atomic mass is 9.56. The van der Waals surface area contributed by atoms with Gasteiger partial charge >= 0.3 is 0 Å². The van der Waals surface area contributed by atoms with Crippen LogP contribution in [0.15, 0.2) is 65.4 Å². The van der Waals surface area contributed by atoms with Gasteiger partial charge in [0.05, 0.1) is 30.5 Å². The van der Waals surface area contributed by atoms with Crippen LogP contribution >= 0.6 is 0 Å². The fourth-order valence-electron chi connectivity index (χ4n) is 5.02. The summed E-state index contributed by atoms with van der Waals surface area (Å²) in [7, 11) is 1.54. The fourth-order valence-corrected chi connectivity index (χ4v) is 5.02. The Morgan fingerprint density at radius 1 is 1.12 bits per heavy atom. The quantitative estimate of drug-likeness (QED) is 0.679. The Morgan fingerprint density at radius 2 is 1.85 bits per heavy atom. The van der Waals surface area contributed by atoms with E-state index in [0.29, 0.717) is 11.5 Å². The highest BCUT2D eigenvalue weighted by Crippen LogP contribution is 2.56. The predicted molar refractivity (Wildman–Crippen MR) is 122 cm³/mol. The van der Waals surface area contributed by atoms with Crippen LogP contribution in [0.5, 0.6) is 11.5 Å². The zero-order valence-corrected chi connectivity index (χ0v) is 18.7. The van der Waals surface area contributed by atoms with Crippen LogP contribution in [0.2, 0.25) is 0 Å². The minimum Gasteiger partial charge on any atom is -0.496 e. The minimum atomic E-state index is -1.67. The lowest BCUT2D eigenvalue weighted by Gasteiger charge is -2.43. The fraction of sp³-hybridized carbons (Fsp3) is 0.296. The Hall–Kier alpha value is -4.28. The van der Waals surface area contributed by atoms with E-state index in [1.54, 1.807) is 12.1 Å². The van der Waals surface area contributed by atoms with Gasteiger partial charge in [0.15, 0.2) is 5.41 Å². The summed E-state index contributed by atoms with van der Waals surface area (Å²) in [6, 6.07) is 17.7. The van der Waals surface area contributed by atoms with E-state index in [0.717, 1.165) is 36.0 Å². The van der Waals surface area contributed by atoms with Gasteiger partial charge in [-0.1, -0.05) is 18.2 Å². The van der Waals surface area contributed by atoms with Crippen LogP contribution in [0.25, 0.3) is 0 Å². The first kappa shape index (κ1) is 22.9. The molecule has 0 aromatic heterocycles. The summed E-state index contributed by atoms with van der Waals surface area (Å²) in [6.45, 7) is 0.191. The summed E-state index contributed by atoms with van der Waals surface area (Å²) in [5.74, 6) is -0.0107. The molecule has 2 aromatic carbocycles. The van der Waals surface area contributed by atoms with Gasteiger partial charge in [-0.2, -0.15) is 15.8 Å². The second-order valence-corrected chi connectivity index (χ2v) is 8.42. The number of benzene rings is 2. The van der Waals surface area contributed by atoms with Crippen molar-refractivity contribution in [3.8, 4) is 29.7 Å². The van der Waals surface area contributed by atoms with Crippen molar-refractivity contribution < 1.29 is 13.9 Å². The Morgan fingerprint density at radius 3 is 2.50 bits per heavy atom. The molecular formula is C27H23FN4O2. The summed E-state index contributed by atoms with van der Waals surface area (Å²) in [5.41, 5.74) is 7.25. The largest absolute Gasteiger partial charge is 0.496 e. The van der Waals surface area contributed by atoms with Gasteiger partial charge < -0.3 is 15.2 Å². The van der Waals surface area contributed by atoms with Gasteiger partial charge in [-0.05, 0) is 66.6 Å². The average molecular weight is 455 g/mol. The SMILES string of the molecule is COc1cc(C2C3CCCC=C3C(C#N)=C(N)C2(C#N)C#N)ccc1COc1ccc(F)cc1. The minimum absolute atomic E-state index is 0.0112. The number of nitrogens with two attached hydrogens (primary N) is 1. The van der Waals surface area contributed by atoms with Crippen LogP contribution in [0, 0.1) is 51.1 Å². The van der Waals surface area contributed by atoms with Crippen molar-refractivity contribution in [2.45, 2.75) is 31.8 Å². The van der Waals surface area contributed by atoms with E-state index in [2.05, 4.69) is 18.2 Å². The van der Waals surface area contributed by atoms with Gasteiger partial charge in [-0.3, -0.25) is 0 Å². The number of nitrogens with zero attached hydrogens (tertiary/aromatic N) is 3. The summed E-state index contributed by atoms with van der Waals surface area (Å²) in [6.07, 6.45) is 4.48. The first-order chi connectivity index (χ1) is 16.5. The third-order valence-electron chi connectivity index (χ3n) is 6.68. The second kappa shape index (κ2) is 9.30. The Labute approximate surface area is 197 Å². The number of allylic oxidation sites excluding steroid dienone is 4. The van der Waals surface area contributed by atoms with Crippen LogP contribution in [0.1, 0.15) is 36.3 Å². The smallest absolute Gasteiger partial charge is 0.191 e. The van der Waals surface area contributed by atoms with Crippen LogP contribution in [-0.4, -0.2) is 7.11 Å². The molecule has 2 atom stereocenters. The molecule has 0 amide bonds. The third kappa shape index (κ3) is 3.74. The van der Waals surface area contributed by atoms with Crippen molar-refractivity contribution in [2.75, 3.05) is 7.11 Å². The molecule has 0 radical (unpaired) electrons. The van der Waals surface area contributed by atoms with Crippen molar-refractivity contribution in [1.82, 2.24) is 0 Å². The van der Waals surface area contributed by atoms with E-state index >= 15 is 0 Å². The summed E-state index contributed by atoms with van der Waals surface area (Å²) in [4.78, 5) is 0. The second-order valence-electron chi connectivity index (χ2n) is 8.42. The first-order valence-corrected chi connectivity index (χ1v) is 11.0. The van der Waals surface area contributed by atoms with E-state index in [4.69, 9.17) is 15.2 Å². The standard InChI is InChI=1S/C27H23FN4O2/c1-33-24-12-17(6-7-18(24)14-34-20-10-8-19(28)9-11-20)25-22-5-3-2-4-21(22)23(13-29)26(32)27(25,15-30)16-31/h4,6-12,22,25H,2-3,5,14,32H2,1H3. The molecule has 7 heteroatoms. The zero-order valence-electron chi connectivity index (χ0n) is 18.7. The van der Waals surface area contributed by atoms with E-state index in [-0.39, 0.29) is 29.6 Å². The molecule has 2 N–H and O–H groups in total. The highest BCUT2D eigenvalue weighted by molar-refractivity contribution is 5.59. The van der Waals surface area contributed by atoms with Gasteiger partial charge in [-0.25, -0.2) is 4.39 Å². The maximum atomic E-state index is 13.1. The molecule has 170 valence electrons. The number of nitriles is 3. The molecule has 0 bridgehead atoms. The number of methoxy groups -OCH3 is 1. The van der Waals surface area contributed by atoms with E-state index in [1.165, 1.54) is 19.2 Å². The molecular weight excluding hydrogens is 431 g/mol. The number of halogens is 1. The van der Waals surface area contributed by atoms with Crippen molar-refractivity contribution in [3.05, 3.63) is 82.3 Å². The van der Waals surface area contributed by atoms with Gasteiger partial charge in [0.2, 0.25) is 0 Å². The van der Waals surface area contributed by atoms with Gasteiger partial charge in [-0.15, -0.1) is 0 Å².